The highest BCUT2D eigenvalue weighted by molar-refractivity contribution is 5.96. The van der Waals surface area contributed by atoms with Crippen LogP contribution >= 0.6 is 0 Å². The van der Waals surface area contributed by atoms with Crippen LogP contribution in [0, 0.1) is 6.92 Å². The first-order chi connectivity index (χ1) is 14.3. The second-order valence-electron chi connectivity index (χ2n) is 8.15. The first kappa shape index (κ1) is 21.8. The van der Waals surface area contributed by atoms with Crippen molar-refractivity contribution in [3.05, 3.63) is 57.9 Å². The summed E-state index contributed by atoms with van der Waals surface area (Å²) in [5.41, 5.74) is 1.14. The highest BCUT2D eigenvalue weighted by Gasteiger charge is 2.27. The van der Waals surface area contributed by atoms with Crippen LogP contribution in [0.1, 0.15) is 45.7 Å². The number of carbonyl (C=O) groups is 2. The van der Waals surface area contributed by atoms with Gasteiger partial charge in [-0.2, -0.15) is 0 Å². The van der Waals surface area contributed by atoms with Gasteiger partial charge in [-0.3, -0.25) is 14.4 Å². The SMILES string of the molecule is Cc1ccn(C(C)CN(C)C)c(=O)c1C(=O)N1CCCN(C(=O)c2ccoc2)CC1. The molecule has 8 heteroatoms. The number of likely N-dealkylation sites (N-methyl/N-ethyl adjacent to an activating group) is 1. The molecule has 30 heavy (non-hydrogen) atoms. The molecule has 2 amide bonds. The largest absolute Gasteiger partial charge is 0.472 e. The second-order valence-corrected chi connectivity index (χ2v) is 8.15. The topological polar surface area (TPSA) is 79.0 Å². The summed E-state index contributed by atoms with van der Waals surface area (Å²) in [4.78, 5) is 44.4. The number of rotatable bonds is 5. The van der Waals surface area contributed by atoms with Crippen LogP contribution in [-0.4, -0.2) is 77.9 Å². The summed E-state index contributed by atoms with van der Waals surface area (Å²) >= 11 is 0. The number of aromatic nitrogens is 1. The van der Waals surface area contributed by atoms with Gasteiger partial charge in [0.1, 0.15) is 11.8 Å². The fraction of sp³-hybridized carbons (Fsp3) is 0.500. The molecule has 0 spiro atoms. The Balaban J connectivity index is 1.78. The molecule has 2 aromatic rings. The number of hydrogen-bond donors (Lipinski definition) is 0. The van der Waals surface area contributed by atoms with E-state index in [2.05, 4.69) is 0 Å². The van der Waals surface area contributed by atoms with Crippen molar-refractivity contribution >= 4 is 11.8 Å². The predicted molar refractivity (Wildman–Crippen MR) is 114 cm³/mol. The van der Waals surface area contributed by atoms with E-state index in [1.54, 1.807) is 33.6 Å². The number of pyridine rings is 1. The first-order valence-electron chi connectivity index (χ1n) is 10.3. The maximum atomic E-state index is 13.3. The van der Waals surface area contributed by atoms with E-state index in [1.807, 2.05) is 32.0 Å². The summed E-state index contributed by atoms with van der Waals surface area (Å²) < 4.78 is 6.64. The molecule has 1 unspecified atom stereocenters. The maximum absolute atomic E-state index is 13.3. The Bertz CT molecular complexity index is 949. The van der Waals surface area contributed by atoms with Crippen LogP contribution in [0.3, 0.4) is 0 Å². The molecule has 0 aromatic carbocycles. The van der Waals surface area contributed by atoms with E-state index in [1.165, 1.54) is 12.5 Å². The van der Waals surface area contributed by atoms with Gasteiger partial charge in [0.2, 0.25) is 0 Å². The van der Waals surface area contributed by atoms with Gasteiger partial charge in [-0.15, -0.1) is 0 Å². The number of amides is 2. The smallest absolute Gasteiger partial charge is 0.263 e. The second kappa shape index (κ2) is 9.30. The minimum atomic E-state index is -0.262. The van der Waals surface area contributed by atoms with Crippen molar-refractivity contribution in [2.24, 2.45) is 0 Å². The van der Waals surface area contributed by atoms with Crippen molar-refractivity contribution in [2.45, 2.75) is 26.3 Å². The van der Waals surface area contributed by atoms with Crippen LogP contribution in [0.15, 0.2) is 40.1 Å². The van der Waals surface area contributed by atoms with Crippen LogP contribution in [0.5, 0.6) is 0 Å². The highest BCUT2D eigenvalue weighted by atomic mass is 16.3. The molecular weight excluding hydrogens is 384 g/mol. The number of carbonyl (C=O) groups excluding carboxylic acids is 2. The summed E-state index contributed by atoms with van der Waals surface area (Å²) in [7, 11) is 3.91. The zero-order valence-corrected chi connectivity index (χ0v) is 18.1. The van der Waals surface area contributed by atoms with E-state index < -0.39 is 0 Å². The molecule has 0 radical (unpaired) electrons. The monoisotopic (exact) mass is 414 g/mol. The Hall–Kier alpha value is -2.87. The fourth-order valence-corrected chi connectivity index (χ4v) is 3.92. The third-order valence-corrected chi connectivity index (χ3v) is 5.48. The standard InChI is InChI=1S/C22H30N4O4/c1-16-6-10-26(17(2)14-23(3)4)22(29)19(16)21(28)25-9-5-8-24(11-12-25)20(27)18-7-13-30-15-18/h6-7,10,13,15,17H,5,8-9,11-12,14H2,1-4H3. The molecule has 2 aromatic heterocycles. The average molecular weight is 415 g/mol. The van der Waals surface area contributed by atoms with Gasteiger partial charge >= 0.3 is 0 Å². The molecule has 1 aliphatic heterocycles. The molecule has 8 nitrogen and oxygen atoms in total. The molecule has 1 atom stereocenters. The lowest BCUT2D eigenvalue weighted by molar-refractivity contribution is 0.0716. The Morgan fingerprint density at radius 1 is 1.10 bits per heavy atom. The minimum absolute atomic E-state index is 0.0492. The summed E-state index contributed by atoms with van der Waals surface area (Å²) in [5, 5.41) is 0. The molecule has 0 bridgehead atoms. The summed E-state index contributed by atoms with van der Waals surface area (Å²) in [6, 6.07) is 3.42. The van der Waals surface area contributed by atoms with E-state index in [-0.39, 0.29) is 29.0 Å². The zero-order valence-electron chi connectivity index (χ0n) is 18.1. The third-order valence-electron chi connectivity index (χ3n) is 5.48. The van der Waals surface area contributed by atoms with Crippen molar-refractivity contribution < 1.29 is 14.0 Å². The summed E-state index contributed by atoms with van der Waals surface area (Å²) in [5.74, 6) is -0.365. The molecule has 0 aliphatic carbocycles. The third kappa shape index (κ3) is 4.64. The number of nitrogens with zero attached hydrogens (tertiary/aromatic N) is 4. The van der Waals surface area contributed by atoms with E-state index in [4.69, 9.17) is 4.42 Å². The summed E-state index contributed by atoms with van der Waals surface area (Å²) in [6.07, 6.45) is 5.32. The van der Waals surface area contributed by atoms with Crippen LogP contribution in [0.25, 0.3) is 0 Å². The van der Waals surface area contributed by atoms with E-state index in [0.29, 0.717) is 50.3 Å². The van der Waals surface area contributed by atoms with Gasteiger partial charge in [0.25, 0.3) is 17.4 Å². The van der Waals surface area contributed by atoms with Crippen molar-refractivity contribution in [3.63, 3.8) is 0 Å². The van der Waals surface area contributed by atoms with E-state index in [9.17, 15) is 14.4 Å². The molecule has 1 aliphatic rings. The van der Waals surface area contributed by atoms with Crippen LogP contribution < -0.4 is 5.56 Å². The van der Waals surface area contributed by atoms with E-state index in [0.717, 1.165) is 0 Å². The molecular formula is C22H30N4O4. The summed E-state index contributed by atoms with van der Waals surface area (Å²) in [6.45, 7) is 6.35. The zero-order chi connectivity index (χ0) is 21.8. The van der Waals surface area contributed by atoms with Crippen LogP contribution in [0.2, 0.25) is 0 Å². The van der Waals surface area contributed by atoms with Crippen molar-refractivity contribution in [1.29, 1.82) is 0 Å². The molecule has 3 heterocycles. The number of hydrogen-bond acceptors (Lipinski definition) is 5. The normalized spacial score (nSPS) is 15.9. The minimum Gasteiger partial charge on any atom is -0.472 e. The predicted octanol–water partition coefficient (Wildman–Crippen LogP) is 1.86. The Kier molecular flexibility index (Phi) is 6.77. The number of furan rings is 1. The quantitative estimate of drug-likeness (QED) is 0.746. The van der Waals surface area contributed by atoms with Crippen molar-refractivity contribution in [3.8, 4) is 0 Å². The van der Waals surface area contributed by atoms with Crippen molar-refractivity contribution in [1.82, 2.24) is 19.3 Å². The van der Waals surface area contributed by atoms with Gasteiger partial charge in [0.15, 0.2) is 0 Å². The molecule has 1 saturated heterocycles. The lowest BCUT2D eigenvalue weighted by Gasteiger charge is -2.24. The van der Waals surface area contributed by atoms with Gasteiger partial charge in [-0.05, 0) is 52.1 Å². The number of aryl methyl sites for hydroxylation is 1. The first-order valence-corrected chi connectivity index (χ1v) is 10.3. The molecule has 3 rings (SSSR count). The molecule has 162 valence electrons. The highest BCUT2D eigenvalue weighted by Crippen LogP contribution is 2.14. The maximum Gasteiger partial charge on any atom is 0.263 e. The lowest BCUT2D eigenvalue weighted by Crippen LogP contribution is -2.41. The van der Waals surface area contributed by atoms with Gasteiger partial charge < -0.3 is 23.7 Å². The van der Waals surface area contributed by atoms with Gasteiger partial charge in [0.05, 0.1) is 11.8 Å². The molecule has 0 N–H and O–H groups in total. The lowest BCUT2D eigenvalue weighted by atomic mass is 10.1. The fourth-order valence-electron chi connectivity index (χ4n) is 3.92. The van der Waals surface area contributed by atoms with Crippen LogP contribution in [-0.2, 0) is 0 Å². The van der Waals surface area contributed by atoms with Gasteiger partial charge in [0, 0.05) is 45.0 Å². The Morgan fingerprint density at radius 3 is 2.37 bits per heavy atom. The Labute approximate surface area is 176 Å². The molecule has 0 saturated carbocycles. The van der Waals surface area contributed by atoms with Crippen LogP contribution in [0.4, 0.5) is 0 Å². The van der Waals surface area contributed by atoms with E-state index >= 15 is 0 Å². The average Bonchev–Trinajstić information content (AvgIpc) is 3.11. The Morgan fingerprint density at radius 2 is 1.77 bits per heavy atom. The van der Waals surface area contributed by atoms with Gasteiger partial charge in [-0.25, -0.2) is 0 Å². The van der Waals surface area contributed by atoms with Crippen molar-refractivity contribution in [2.75, 3.05) is 46.8 Å². The van der Waals surface area contributed by atoms with Gasteiger partial charge in [-0.1, -0.05) is 0 Å². The molecule has 1 fully saturated rings.